The fraction of sp³-hybridized carbons (Fsp3) is 0.667. The van der Waals surface area contributed by atoms with E-state index in [1.165, 1.54) is 7.11 Å². The van der Waals surface area contributed by atoms with Crippen molar-refractivity contribution in [2.24, 2.45) is 0 Å². The largest absolute Gasteiger partial charge is 0.454 e. The van der Waals surface area contributed by atoms with Gasteiger partial charge in [-0.05, 0) is 6.42 Å². The molecule has 0 atom stereocenters. The van der Waals surface area contributed by atoms with Gasteiger partial charge in [0.05, 0.1) is 0 Å². The maximum atomic E-state index is 12.3. The van der Waals surface area contributed by atoms with E-state index in [2.05, 4.69) is 4.74 Å². The number of ketones is 1. The average molecular weight is 279 g/mol. The normalized spacial score (nSPS) is 13.6. The monoisotopic (exact) mass is 279 g/mol. The minimum atomic E-state index is -5.33. The van der Waals surface area contributed by atoms with Gasteiger partial charge in [0.1, 0.15) is 5.70 Å². The molecule has 0 saturated heterocycles. The van der Waals surface area contributed by atoms with E-state index in [1.807, 2.05) is 0 Å². The van der Waals surface area contributed by atoms with E-state index in [9.17, 15) is 31.1 Å². The smallest absolute Gasteiger partial charge is 0.385 e. The summed E-state index contributed by atoms with van der Waals surface area (Å²) in [7, 11) is 1.33. The molecule has 0 aliphatic rings. The highest BCUT2D eigenvalue weighted by atomic mass is 19.4. The van der Waals surface area contributed by atoms with Crippen LogP contribution in [0.5, 0.6) is 0 Å². The van der Waals surface area contributed by atoms with Crippen LogP contribution in [0.15, 0.2) is 11.8 Å². The third kappa shape index (κ3) is 6.48. The average Bonchev–Trinajstić information content (AvgIpc) is 2.19. The molecule has 0 spiro atoms. The predicted molar refractivity (Wildman–Crippen MR) is 49.7 cm³/mol. The number of carbonyl (C=O) groups is 1. The van der Waals surface area contributed by atoms with Crippen molar-refractivity contribution >= 4 is 5.78 Å². The quantitative estimate of drug-likeness (QED) is 0.460. The van der Waals surface area contributed by atoms with Crippen LogP contribution in [0.3, 0.4) is 0 Å². The first kappa shape index (κ1) is 16.8. The second kappa shape index (κ2) is 6.62. The minimum Gasteiger partial charge on any atom is -0.385 e. The SMILES string of the molecule is COCCCN/C(=C\C(=O)C(F)(F)F)C(F)(F)F. The molecule has 0 amide bonds. The Bertz CT molecular complexity index is 307. The van der Waals surface area contributed by atoms with E-state index in [4.69, 9.17) is 0 Å². The highest BCUT2D eigenvalue weighted by Crippen LogP contribution is 2.25. The molecule has 0 aliphatic carbocycles. The van der Waals surface area contributed by atoms with Crippen LogP contribution in [0.4, 0.5) is 26.3 Å². The lowest BCUT2D eigenvalue weighted by molar-refractivity contribution is -0.166. The molecular weight excluding hydrogens is 268 g/mol. The van der Waals surface area contributed by atoms with Gasteiger partial charge in [0.25, 0.3) is 5.78 Å². The predicted octanol–water partition coefficient (Wildman–Crippen LogP) is 2.19. The van der Waals surface area contributed by atoms with Crippen LogP contribution in [0.25, 0.3) is 0 Å². The number of allylic oxidation sites excluding steroid dienone is 2. The molecule has 0 saturated carbocycles. The summed E-state index contributed by atoms with van der Waals surface area (Å²) >= 11 is 0. The fourth-order valence-corrected chi connectivity index (χ4v) is 0.886. The third-order valence-corrected chi connectivity index (χ3v) is 1.70. The van der Waals surface area contributed by atoms with Crippen LogP contribution >= 0.6 is 0 Å². The molecule has 0 aromatic heterocycles. The molecule has 0 unspecified atom stereocenters. The molecule has 3 nitrogen and oxygen atoms in total. The summed E-state index contributed by atoms with van der Waals surface area (Å²) in [5.41, 5.74) is -1.72. The van der Waals surface area contributed by atoms with Crippen LogP contribution in [0, 0.1) is 0 Å². The summed E-state index contributed by atoms with van der Waals surface area (Å²) < 4.78 is 76.9. The van der Waals surface area contributed by atoms with Gasteiger partial charge in [0, 0.05) is 26.3 Å². The first-order valence-corrected chi connectivity index (χ1v) is 4.72. The lowest BCUT2D eigenvalue weighted by atomic mass is 10.2. The fourth-order valence-electron chi connectivity index (χ4n) is 0.886. The number of halogens is 6. The van der Waals surface area contributed by atoms with Gasteiger partial charge in [0.2, 0.25) is 0 Å². The molecule has 0 aromatic carbocycles. The Hall–Kier alpha value is -1.25. The van der Waals surface area contributed by atoms with E-state index < -0.39 is 29.9 Å². The number of hydrogen-bond acceptors (Lipinski definition) is 3. The first-order chi connectivity index (χ1) is 8.09. The molecule has 1 N–H and O–H groups in total. The number of nitrogens with one attached hydrogen (secondary N) is 1. The van der Waals surface area contributed by atoms with Crippen LogP contribution in [-0.4, -0.2) is 38.4 Å². The van der Waals surface area contributed by atoms with Crippen LogP contribution in [0.2, 0.25) is 0 Å². The van der Waals surface area contributed by atoms with Crippen molar-refractivity contribution in [3.05, 3.63) is 11.8 Å². The van der Waals surface area contributed by atoms with E-state index >= 15 is 0 Å². The number of methoxy groups -OCH3 is 1. The standard InChI is InChI=1S/C9H11F6NO2/c1-18-4-2-3-16-6(8(10,11)12)5-7(17)9(13,14)15/h5,16H,2-4H2,1H3/b6-5-. The third-order valence-electron chi connectivity index (χ3n) is 1.70. The van der Waals surface area contributed by atoms with Crippen molar-refractivity contribution in [3.63, 3.8) is 0 Å². The zero-order chi connectivity index (χ0) is 14.4. The molecule has 0 fully saturated rings. The summed E-state index contributed by atoms with van der Waals surface area (Å²) in [6.07, 6.45) is -10.7. The Labute approximate surface area is 98.8 Å². The van der Waals surface area contributed by atoms with E-state index in [0.29, 0.717) is 0 Å². The van der Waals surface area contributed by atoms with Crippen molar-refractivity contribution in [2.45, 2.75) is 18.8 Å². The number of rotatable bonds is 6. The Kier molecular flexibility index (Phi) is 6.16. The molecular formula is C9H11F6NO2. The van der Waals surface area contributed by atoms with Crippen molar-refractivity contribution in [3.8, 4) is 0 Å². The van der Waals surface area contributed by atoms with E-state index in [1.54, 1.807) is 5.32 Å². The van der Waals surface area contributed by atoms with Gasteiger partial charge in [-0.15, -0.1) is 0 Å². The van der Waals surface area contributed by atoms with Crippen LogP contribution in [-0.2, 0) is 9.53 Å². The Balaban J connectivity index is 4.70. The minimum absolute atomic E-state index is 0.144. The lowest BCUT2D eigenvalue weighted by Gasteiger charge is -2.14. The molecule has 0 aromatic rings. The van der Waals surface area contributed by atoms with Gasteiger partial charge in [-0.3, -0.25) is 4.79 Å². The molecule has 0 radical (unpaired) electrons. The topological polar surface area (TPSA) is 38.3 Å². The van der Waals surface area contributed by atoms with Crippen molar-refractivity contribution < 1.29 is 35.9 Å². The summed E-state index contributed by atoms with van der Waals surface area (Å²) in [4.78, 5) is 10.4. The van der Waals surface area contributed by atoms with Crippen LogP contribution < -0.4 is 5.32 Å². The van der Waals surface area contributed by atoms with Crippen molar-refractivity contribution in [1.82, 2.24) is 5.32 Å². The Morgan fingerprint density at radius 2 is 1.72 bits per heavy atom. The zero-order valence-electron chi connectivity index (χ0n) is 9.28. The van der Waals surface area contributed by atoms with Gasteiger partial charge >= 0.3 is 12.4 Å². The molecule has 0 rings (SSSR count). The van der Waals surface area contributed by atoms with E-state index in [0.717, 1.165) is 0 Å². The maximum Gasteiger partial charge on any atom is 0.454 e. The van der Waals surface area contributed by atoms with Gasteiger partial charge in [-0.2, -0.15) is 26.3 Å². The molecule has 0 heterocycles. The second-order valence-electron chi connectivity index (χ2n) is 3.19. The van der Waals surface area contributed by atoms with Gasteiger partial charge in [0.15, 0.2) is 0 Å². The molecule has 106 valence electrons. The van der Waals surface area contributed by atoms with Gasteiger partial charge in [-0.1, -0.05) is 0 Å². The van der Waals surface area contributed by atoms with Crippen LogP contribution in [0.1, 0.15) is 6.42 Å². The van der Waals surface area contributed by atoms with Gasteiger partial charge in [-0.25, -0.2) is 0 Å². The summed E-state index contributed by atoms with van der Waals surface area (Å²) in [5.74, 6) is -2.56. The second-order valence-corrected chi connectivity index (χ2v) is 3.19. The first-order valence-electron chi connectivity index (χ1n) is 4.72. The highest BCUT2D eigenvalue weighted by molar-refractivity contribution is 5.95. The zero-order valence-corrected chi connectivity index (χ0v) is 9.28. The Morgan fingerprint density at radius 1 is 1.17 bits per heavy atom. The van der Waals surface area contributed by atoms with Crippen molar-refractivity contribution in [2.75, 3.05) is 20.3 Å². The molecule has 9 heteroatoms. The number of carbonyl (C=O) groups excluding carboxylic acids is 1. The number of hydrogen-bond donors (Lipinski definition) is 1. The van der Waals surface area contributed by atoms with Gasteiger partial charge < -0.3 is 10.1 Å². The molecule has 0 aliphatic heterocycles. The van der Waals surface area contributed by atoms with Crippen molar-refractivity contribution in [1.29, 1.82) is 0 Å². The maximum absolute atomic E-state index is 12.3. The summed E-state index contributed by atoms with van der Waals surface area (Å²) in [6.45, 7) is -0.115. The van der Waals surface area contributed by atoms with E-state index in [-0.39, 0.29) is 19.6 Å². The Morgan fingerprint density at radius 3 is 2.11 bits per heavy atom. The highest BCUT2D eigenvalue weighted by Gasteiger charge is 2.41. The molecule has 18 heavy (non-hydrogen) atoms. The number of ether oxygens (including phenoxy) is 1. The lowest BCUT2D eigenvalue weighted by Crippen LogP contribution is -2.31. The summed E-state index contributed by atoms with van der Waals surface area (Å²) in [6, 6.07) is 0. The number of alkyl halides is 6. The summed E-state index contributed by atoms with van der Waals surface area (Å²) in [5, 5.41) is 1.73. The molecule has 0 bridgehead atoms.